The van der Waals surface area contributed by atoms with Crippen LogP contribution in [-0.2, 0) is 17.3 Å². The zero-order valence-electron chi connectivity index (χ0n) is 41.0. The maximum atomic E-state index is 5.39. The Morgan fingerprint density at radius 1 is 0.485 bits per heavy atom. The average Bonchev–Trinajstić information content (AvgIpc) is 3.33. The highest BCUT2D eigenvalue weighted by molar-refractivity contribution is 7.73. The van der Waals surface area contributed by atoms with Gasteiger partial charge in [0.2, 0.25) is 6.71 Å². The van der Waals surface area contributed by atoms with Crippen molar-refractivity contribution < 1.29 is 0 Å². The standard InChI is InChI=1S/C65H65BNP/c1-44-33-46(3)62(47(4)34-44)66(63-48(5)35-45(2)36-49(63)6)57-18-13-17-54(38-57)61-22-14-21-60(67-61)53-23-25-55(26-24-53)64-39-51-37-52(40-64)42-65(41-51,43-64)56-27-29-59(30-28-56)68(58-19-11-8-12-20-58)32-31-50-15-9-7-10-16-50/h7-30,33-36,38,51-52H,31-32,37,39-43H2,1-6H3. The smallest absolute Gasteiger partial charge is 0.242 e. The van der Waals surface area contributed by atoms with Crippen molar-refractivity contribution in [3.05, 3.63) is 226 Å². The van der Waals surface area contributed by atoms with Gasteiger partial charge in [0.25, 0.3) is 0 Å². The molecule has 0 spiro atoms. The molecule has 1 nitrogen and oxygen atoms in total. The van der Waals surface area contributed by atoms with Crippen molar-refractivity contribution >= 4 is 41.6 Å². The fourth-order valence-electron chi connectivity index (χ4n) is 14.2. The van der Waals surface area contributed by atoms with Crippen LogP contribution in [0, 0.1) is 53.4 Å². The molecule has 0 aliphatic heterocycles. The molecule has 12 rings (SSSR count). The molecular weight excluding hydrogens is 837 g/mol. The van der Waals surface area contributed by atoms with Crippen molar-refractivity contribution in [1.29, 1.82) is 0 Å². The molecule has 3 atom stereocenters. The van der Waals surface area contributed by atoms with Gasteiger partial charge < -0.3 is 0 Å². The van der Waals surface area contributed by atoms with Gasteiger partial charge >= 0.3 is 0 Å². The van der Waals surface area contributed by atoms with E-state index in [4.69, 9.17) is 4.98 Å². The minimum atomic E-state index is -0.438. The van der Waals surface area contributed by atoms with Crippen LogP contribution in [0.15, 0.2) is 176 Å². The molecule has 0 amide bonds. The topological polar surface area (TPSA) is 12.9 Å². The Morgan fingerprint density at radius 2 is 0.971 bits per heavy atom. The number of hydrogen-bond acceptors (Lipinski definition) is 1. The first-order valence-electron chi connectivity index (χ1n) is 25.3. The van der Waals surface area contributed by atoms with E-state index >= 15 is 0 Å². The van der Waals surface area contributed by atoms with Crippen LogP contribution < -0.4 is 27.0 Å². The highest BCUT2D eigenvalue weighted by Gasteiger charge is 2.58. The van der Waals surface area contributed by atoms with E-state index in [2.05, 4.69) is 217 Å². The van der Waals surface area contributed by atoms with Gasteiger partial charge in [0.15, 0.2) is 0 Å². The summed E-state index contributed by atoms with van der Waals surface area (Å²) in [6, 6.07) is 67.4. The number of benzene rings is 7. The highest BCUT2D eigenvalue weighted by Crippen LogP contribution is 2.66. The Balaban J connectivity index is 0.865. The number of nitrogens with zero attached hydrogens (tertiary/aromatic N) is 1. The minimum absolute atomic E-state index is 0.123. The third-order valence-corrected chi connectivity index (χ3v) is 19.0. The van der Waals surface area contributed by atoms with Crippen LogP contribution in [0.3, 0.4) is 0 Å². The lowest BCUT2D eigenvalue weighted by Crippen LogP contribution is -2.55. The predicted octanol–water partition coefficient (Wildman–Crippen LogP) is 13.2. The third kappa shape index (κ3) is 8.53. The molecule has 0 N–H and O–H groups in total. The van der Waals surface area contributed by atoms with Gasteiger partial charge in [-0.15, -0.1) is 0 Å². The average molecular weight is 902 g/mol. The molecule has 4 aliphatic rings. The summed E-state index contributed by atoms with van der Waals surface area (Å²) in [5, 5.41) is 2.99. The van der Waals surface area contributed by atoms with E-state index in [1.54, 1.807) is 11.1 Å². The molecule has 0 saturated heterocycles. The van der Waals surface area contributed by atoms with Crippen LogP contribution in [0.25, 0.3) is 22.5 Å². The highest BCUT2D eigenvalue weighted by atomic mass is 31.1. The van der Waals surface area contributed by atoms with Gasteiger partial charge in [-0.1, -0.05) is 214 Å². The van der Waals surface area contributed by atoms with Crippen LogP contribution in [0.2, 0.25) is 0 Å². The van der Waals surface area contributed by atoms with Crippen molar-refractivity contribution in [2.24, 2.45) is 11.8 Å². The first-order chi connectivity index (χ1) is 33.0. The number of pyridine rings is 1. The van der Waals surface area contributed by atoms with Gasteiger partial charge in [0.05, 0.1) is 11.4 Å². The Labute approximate surface area is 408 Å². The molecule has 3 heteroatoms. The molecule has 3 unspecified atom stereocenters. The number of aromatic nitrogens is 1. The summed E-state index contributed by atoms with van der Waals surface area (Å²) in [7, 11) is -0.438. The molecule has 1 aromatic heterocycles. The van der Waals surface area contributed by atoms with Gasteiger partial charge in [-0.2, -0.15) is 0 Å². The molecule has 1 heterocycles. The first-order valence-corrected chi connectivity index (χ1v) is 26.9. The van der Waals surface area contributed by atoms with Crippen LogP contribution in [0.4, 0.5) is 0 Å². The second-order valence-electron chi connectivity index (χ2n) is 21.5. The van der Waals surface area contributed by atoms with E-state index in [0.717, 1.165) is 35.2 Å². The Kier molecular flexibility index (Phi) is 12.0. The van der Waals surface area contributed by atoms with Crippen LogP contribution in [-0.4, -0.2) is 17.9 Å². The molecule has 7 aromatic carbocycles. The quantitative estimate of drug-likeness (QED) is 0.0879. The fourth-order valence-corrected chi connectivity index (χ4v) is 16.6. The molecule has 0 radical (unpaired) electrons. The van der Waals surface area contributed by atoms with E-state index in [1.165, 1.54) is 116 Å². The molecular formula is C65H65BNP. The second kappa shape index (κ2) is 18.3. The molecule has 4 saturated carbocycles. The van der Waals surface area contributed by atoms with Gasteiger partial charge in [-0.05, 0) is 168 Å². The molecule has 4 bridgehead atoms. The van der Waals surface area contributed by atoms with Crippen molar-refractivity contribution in [1.82, 2.24) is 4.98 Å². The number of rotatable bonds is 12. The largest absolute Gasteiger partial charge is 0.248 e. The second-order valence-corrected chi connectivity index (χ2v) is 23.8. The van der Waals surface area contributed by atoms with E-state index in [0.29, 0.717) is 0 Å². The van der Waals surface area contributed by atoms with Crippen molar-refractivity contribution in [3.63, 3.8) is 0 Å². The van der Waals surface area contributed by atoms with Crippen LogP contribution >= 0.6 is 7.92 Å². The minimum Gasteiger partial charge on any atom is -0.248 e. The summed E-state index contributed by atoms with van der Waals surface area (Å²) in [5.74, 6) is 1.60. The van der Waals surface area contributed by atoms with E-state index in [1.807, 2.05) is 0 Å². The SMILES string of the molecule is Cc1cc(C)c(B(c2cccc(-c3cccc(-c4ccc(C56CC7CC(C5)CC(c5ccc(P(CCc8ccccc8)c8ccccc8)cc5)(C7)C6)cc4)n3)c2)c2c(C)cc(C)cc2C)c(C)c1. The molecule has 8 aromatic rings. The Bertz CT molecular complexity index is 2980. The summed E-state index contributed by atoms with van der Waals surface area (Å²) in [6.07, 6.45) is 10.3. The van der Waals surface area contributed by atoms with Crippen molar-refractivity contribution in [2.75, 3.05) is 6.16 Å². The molecule has 4 fully saturated rings. The number of aryl methyl sites for hydroxylation is 7. The van der Waals surface area contributed by atoms with Gasteiger partial charge in [-0.25, -0.2) is 4.98 Å². The predicted molar refractivity (Wildman–Crippen MR) is 293 cm³/mol. The summed E-state index contributed by atoms with van der Waals surface area (Å²) in [6.45, 7) is 13.7. The normalized spacial score (nSPS) is 20.9. The maximum Gasteiger partial charge on any atom is 0.242 e. The zero-order chi connectivity index (χ0) is 46.6. The van der Waals surface area contributed by atoms with E-state index in [-0.39, 0.29) is 17.5 Å². The lowest BCUT2D eigenvalue weighted by atomic mass is 9.34. The lowest BCUT2D eigenvalue weighted by molar-refractivity contribution is -0.0281. The Morgan fingerprint density at radius 3 is 1.53 bits per heavy atom. The summed E-state index contributed by atoms with van der Waals surface area (Å²) in [5.41, 5.74) is 21.6. The molecule has 338 valence electrons. The first kappa shape index (κ1) is 44.7. The zero-order valence-corrected chi connectivity index (χ0v) is 41.9. The lowest BCUT2D eigenvalue weighted by Gasteiger charge is -2.63. The van der Waals surface area contributed by atoms with Crippen molar-refractivity contribution in [2.45, 2.75) is 97.3 Å². The third-order valence-electron chi connectivity index (χ3n) is 16.5. The van der Waals surface area contributed by atoms with Gasteiger partial charge in [0, 0.05) is 5.56 Å². The summed E-state index contributed by atoms with van der Waals surface area (Å²) < 4.78 is 0. The Hall–Kier alpha value is -5.82. The monoisotopic (exact) mass is 901 g/mol. The fraction of sp³-hybridized carbons (Fsp3) is 0.277. The van der Waals surface area contributed by atoms with Gasteiger partial charge in [0.1, 0.15) is 0 Å². The summed E-state index contributed by atoms with van der Waals surface area (Å²) >= 11 is 0. The molecule has 4 aliphatic carbocycles. The summed E-state index contributed by atoms with van der Waals surface area (Å²) in [4.78, 5) is 5.39. The number of hydrogen-bond donors (Lipinski definition) is 0. The van der Waals surface area contributed by atoms with E-state index in [9.17, 15) is 0 Å². The van der Waals surface area contributed by atoms with Crippen LogP contribution in [0.5, 0.6) is 0 Å². The molecule has 68 heavy (non-hydrogen) atoms. The van der Waals surface area contributed by atoms with Crippen LogP contribution in [0.1, 0.15) is 88.6 Å². The van der Waals surface area contributed by atoms with Crippen molar-refractivity contribution in [3.8, 4) is 22.5 Å². The van der Waals surface area contributed by atoms with Gasteiger partial charge in [-0.3, -0.25) is 0 Å². The maximum absolute atomic E-state index is 5.39. The van der Waals surface area contributed by atoms with E-state index < -0.39 is 7.92 Å².